The lowest BCUT2D eigenvalue weighted by Crippen LogP contribution is -2.32. The molecular formula is C16H21N3O. The summed E-state index contributed by atoms with van der Waals surface area (Å²) in [7, 11) is 1.98. The van der Waals surface area contributed by atoms with Gasteiger partial charge in [0.15, 0.2) is 0 Å². The Hall–Kier alpha value is -1.81. The van der Waals surface area contributed by atoms with Crippen molar-refractivity contribution >= 4 is 0 Å². The summed E-state index contributed by atoms with van der Waals surface area (Å²) in [6, 6.07) is 8.45. The smallest absolute Gasteiger partial charge is 0.123 e. The molecule has 0 spiro atoms. The van der Waals surface area contributed by atoms with Gasteiger partial charge in [0.2, 0.25) is 0 Å². The van der Waals surface area contributed by atoms with E-state index >= 15 is 0 Å². The molecule has 3 rings (SSSR count). The molecule has 1 N–H and O–H groups in total. The highest BCUT2D eigenvalue weighted by molar-refractivity contribution is 5.38. The van der Waals surface area contributed by atoms with E-state index in [2.05, 4.69) is 35.7 Å². The third-order valence-corrected chi connectivity index (χ3v) is 3.82. The molecule has 0 aliphatic carbocycles. The van der Waals surface area contributed by atoms with E-state index in [1.807, 2.05) is 30.1 Å². The molecule has 0 saturated carbocycles. The number of nitrogens with one attached hydrogen (secondary N) is 1. The van der Waals surface area contributed by atoms with Crippen molar-refractivity contribution in [1.29, 1.82) is 0 Å². The number of para-hydroxylation sites is 1. The molecule has 1 aromatic heterocycles. The van der Waals surface area contributed by atoms with Crippen molar-refractivity contribution in [2.75, 3.05) is 7.05 Å². The molecule has 0 amide bonds. The highest BCUT2D eigenvalue weighted by atomic mass is 16.5. The van der Waals surface area contributed by atoms with Crippen LogP contribution < -0.4 is 10.1 Å². The molecule has 106 valence electrons. The number of aryl methyl sites for hydroxylation is 1. The molecule has 0 fully saturated rings. The molecule has 20 heavy (non-hydrogen) atoms. The predicted molar refractivity (Wildman–Crippen MR) is 78.9 cm³/mol. The van der Waals surface area contributed by atoms with Crippen molar-refractivity contribution < 1.29 is 4.74 Å². The van der Waals surface area contributed by atoms with Crippen LogP contribution in [0.3, 0.4) is 0 Å². The van der Waals surface area contributed by atoms with Crippen LogP contribution in [0.25, 0.3) is 0 Å². The zero-order valence-corrected chi connectivity index (χ0v) is 12.0. The molecule has 1 aromatic carbocycles. The maximum atomic E-state index is 6.08. The van der Waals surface area contributed by atoms with Crippen LogP contribution in [-0.4, -0.2) is 22.9 Å². The summed E-state index contributed by atoms with van der Waals surface area (Å²) >= 11 is 0. The molecule has 0 saturated heterocycles. The Bertz CT molecular complexity index is 554. The number of hydrogen-bond donors (Lipinski definition) is 1. The van der Waals surface area contributed by atoms with Crippen LogP contribution in [0.4, 0.5) is 0 Å². The summed E-state index contributed by atoms with van der Waals surface area (Å²) in [6.45, 7) is 3.12. The molecule has 4 heteroatoms. The van der Waals surface area contributed by atoms with E-state index in [0.29, 0.717) is 0 Å². The highest BCUT2D eigenvalue weighted by Gasteiger charge is 2.31. The van der Waals surface area contributed by atoms with Crippen LogP contribution in [0, 0.1) is 0 Å². The highest BCUT2D eigenvalue weighted by Crippen LogP contribution is 2.33. The molecule has 0 radical (unpaired) electrons. The number of rotatable bonds is 5. The zero-order chi connectivity index (χ0) is 13.9. The fourth-order valence-electron chi connectivity index (χ4n) is 2.85. The largest absolute Gasteiger partial charge is 0.488 e. The fraction of sp³-hybridized carbons (Fsp3) is 0.438. The van der Waals surface area contributed by atoms with E-state index in [0.717, 1.165) is 25.1 Å². The lowest BCUT2D eigenvalue weighted by atomic mass is 10.0. The maximum Gasteiger partial charge on any atom is 0.123 e. The first-order valence-electron chi connectivity index (χ1n) is 7.26. The summed E-state index contributed by atoms with van der Waals surface area (Å²) in [4.78, 5) is 0. The number of likely N-dealkylation sites (N-methyl/N-ethyl adjacent to an activating group) is 1. The standard InChI is InChI=1S/C16H21N3O/c1-3-8-19-11-13(10-18-19)16(17-2)15-9-12-6-4-5-7-14(12)20-15/h4-7,10-11,15-17H,3,8-9H2,1-2H3. The molecule has 2 atom stereocenters. The lowest BCUT2D eigenvalue weighted by molar-refractivity contribution is 0.183. The van der Waals surface area contributed by atoms with Crippen LogP contribution in [0.5, 0.6) is 5.75 Å². The van der Waals surface area contributed by atoms with Crippen LogP contribution in [0.1, 0.15) is 30.5 Å². The topological polar surface area (TPSA) is 39.1 Å². The first-order valence-corrected chi connectivity index (χ1v) is 7.26. The monoisotopic (exact) mass is 271 g/mol. The van der Waals surface area contributed by atoms with E-state index in [1.165, 1.54) is 11.1 Å². The summed E-state index contributed by atoms with van der Waals surface area (Å²) in [5, 5.41) is 7.79. The molecule has 1 aliphatic heterocycles. The zero-order valence-electron chi connectivity index (χ0n) is 12.0. The normalized spacial score (nSPS) is 18.6. The first-order chi connectivity index (χ1) is 9.81. The van der Waals surface area contributed by atoms with Gasteiger partial charge in [0.1, 0.15) is 11.9 Å². The van der Waals surface area contributed by atoms with Gasteiger partial charge in [-0.15, -0.1) is 0 Å². The minimum absolute atomic E-state index is 0.136. The van der Waals surface area contributed by atoms with E-state index in [-0.39, 0.29) is 12.1 Å². The fourth-order valence-corrected chi connectivity index (χ4v) is 2.85. The Kier molecular flexibility index (Phi) is 3.74. The van der Waals surface area contributed by atoms with E-state index < -0.39 is 0 Å². The number of fused-ring (bicyclic) bond motifs is 1. The maximum absolute atomic E-state index is 6.08. The Morgan fingerprint density at radius 1 is 1.45 bits per heavy atom. The van der Waals surface area contributed by atoms with Crippen molar-refractivity contribution in [3.05, 3.63) is 47.8 Å². The van der Waals surface area contributed by atoms with Crippen LogP contribution in [0.15, 0.2) is 36.7 Å². The first kappa shape index (κ1) is 13.2. The Balaban J connectivity index is 1.77. The van der Waals surface area contributed by atoms with Gasteiger partial charge in [-0.1, -0.05) is 25.1 Å². The quantitative estimate of drug-likeness (QED) is 0.908. The number of aromatic nitrogens is 2. The summed E-state index contributed by atoms with van der Waals surface area (Å²) < 4.78 is 8.09. The molecule has 2 aromatic rings. The van der Waals surface area contributed by atoms with E-state index in [9.17, 15) is 0 Å². The molecule has 4 nitrogen and oxygen atoms in total. The van der Waals surface area contributed by atoms with E-state index in [1.54, 1.807) is 0 Å². The predicted octanol–water partition coefficient (Wildman–Crippen LogP) is 2.56. The molecule has 1 aliphatic rings. The summed E-state index contributed by atoms with van der Waals surface area (Å²) in [5.41, 5.74) is 2.48. The molecule has 2 unspecified atom stereocenters. The van der Waals surface area contributed by atoms with Crippen molar-refractivity contribution in [3.63, 3.8) is 0 Å². The van der Waals surface area contributed by atoms with Gasteiger partial charge >= 0.3 is 0 Å². The summed E-state index contributed by atoms with van der Waals surface area (Å²) in [6.07, 6.45) is 6.24. The summed E-state index contributed by atoms with van der Waals surface area (Å²) in [5.74, 6) is 1.01. The Morgan fingerprint density at radius 2 is 2.30 bits per heavy atom. The van der Waals surface area contributed by atoms with E-state index in [4.69, 9.17) is 4.74 Å². The average Bonchev–Trinajstić information content (AvgIpc) is 3.07. The number of hydrogen-bond acceptors (Lipinski definition) is 3. The minimum atomic E-state index is 0.136. The van der Waals surface area contributed by atoms with Crippen molar-refractivity contribution in [3.8, 4) is 5.75 Å². The van der Waals surface area contributed by atoms with Crippen LogP contribution in [0.2, 0.25) is 0 Å². The second-order valence-corrected chi connectivity index (χ2v) is 5.27. The third kappa shape index (κ3) is 2.43. The third-order valence-electron chi connectivity index (χ3n) is 3.82. The van der Waals surface area contributed by atoms with Gasteiger partial charge in [-0.25, -0.2) is 0 Å². The lowest BCUT2D eigenvalue weighted by Gasteiger charge is -2.21. The van der Waals surface area contributed by atoms with Gasteiger partial charge in [0, 0.05) is 24.7 Å². The van der Waals surface area contributed by atoms with Crippen LogP contribution >= 0.6 is 0 Å². The SMILES string of the molecule is CCCn1cc(C(NC)C2Cc3ccccc3O2)cn1. The van der Waals surface area contributed by atoms with Gasteiger partial charge in [-0.2, -0.15) is 5.10 Å². The second-order valence-electron chi connectivity index (χ2n) is 5.27. The van der Waals surface area contributed by atoms with Gasteiger partial charge in [0.05, 0.1) is 12.2 Å². The van der Waals surface area contributed by atoms with Crippen LogP contribution in [-0.2, 0) is 13.0 Å². The van der Waals surface area contributed by atoms with Crippen molar-refractivity contribution in [1.82, 2.24) is 15.1 Å². The average molecular weight is 271 g/mol. The van der Waals surface area contributed by atoms with Gasteiger partial charge in [-0.05, 0) is 25.1 Å². The molecule has 0 bridgehead atoms. The molecular weight excluding hydrogens is 250 g/mol. The second kappa shape index (κ2) is 5.67. The van der Waals surface area contributed by atoms with Gasteiger partial charge in [-0.3, -0.25) is 4.68 Å². The molecule has 2 heterocycles. The number of nitrogens with zero attached hydrogens (tertiary/aromatic N) is 2. The van der Waals surface area contributed by atoms with Gasteiger partial charge in [0.25, 0.3) is 0 Å². The minimum Gasteiger partial charge on any atom is -0.488 e. The van der Waals surface area contributed by atoms with Crippen molar-refractivity contribution in [2.45, 2.75) is 38.5 Å². The Labute approximate surface area is 119 Å². The number of ether oxygens (including phenoxy) is 1. The van der Waals surface area contributed by atoms with Gasteiger partial charge < -0.3 is 10.1 Å². The Morgan fingerprint density at radius 3 is 3.05 bits per heavy atom. The number of benzene rings is 1. The van der Waals surface area contributed by atoms with Crippen molar-refractivity contribution in [2.24, 2.45) is 0 Å².